The zero-order chi connectivity index (χ0) is 14.5. The molecular weight excluding hydrogens is 294 g/mol. The van der Waals surface area contributed by atoms with Crippen LogP contribution in [0.3, 0.4) is 0 Å². The van der Waals surface area contributed by atoms with Gasteiger partial charge in [-0.3, -0.25) is 0 Å². The Morgan fingerprint density at radius 2 is 1.75 bits per heavy atom. The van der Waals surface area contributed by atoms with Gasteiger partial charge in [0.1, 0.15) is 16.5 Å². The number of methoxy groups -OCH3 is 2. The average Bonchev–Trinajstić information content (AvgIpc) is 2.48. The van der Waals surface area contributed by atoms with E-state index in [1.54, 1.807) is 32.4 Å². The summed E-state index contributed by atoms with van der Waals surface area (Å²) in [6.45, 7) is 0. The fourth-order valence-electron chi connectivity index (χ4n) is 1.70. The lowest BCUT2D eigenvalue weighted by atomic mass is 10.2. The van der Waals surface area contributed by atoms with E-state index >= 15 is 0 Å². The number of hydrogen-bond acceptors (Lipinski definition) is 3. The van der Waals surface area contributed by atoms with Crippen LogP contribution in [0.25, 0.3) is 0 Å². The van der Waals surface area contributed by atoms with E-state index in [-0.39, 0.29) is 0 Å². The second-order valence-corrected chi connectivity index (χ2v) is 4.87. The van der Waals surface area contributed by atoms with Crippen molar-refractivity contribution in [1.82, 2.24) is 0 Å². The first-order chi connectivity index (χ1) is 9.63. The van der Waals surface area contributed by atoms with Gasteiger partial charge in [-0.2, -0.15) is 0 Å². The van der Waals surface area contributed by atoms with E-state index < -0.39 is 0 Å². The van der Waals surface area contributed by atoms with E-state index in [0.29, 0.717) is 15.8 Å². The van der Waals surface area contributed by atoms with Gasteiger partial charge in [-0.1, -0.05) is 36.0 Å². The highest BCUT2D eigenvalue weighted by Crippen LogP contribution is 2.29. The van der Waals surface area contributed by atoms with Crippen LogP contribution in [0, 0.1) is 0 Å². The third kappa shape index (κ3) is 3.40. The highest BCUT2D eigenvalue weighted by Gasteiger charge is 2.08. The minimum atomic E-state index is 0.602. The number of rotatable bonds is 4. The van der Waals surface area contributed by atoms with Crippen molar-refractivity contribution < 1.29 is 9.47 Å². The van der Waals surface area contributed by atoms with Gasteiger partial charge in [-0.05, 0) is 24.3 Å². The number of thiocarbonyl (C=S) groups is 1. The molecule has 0 aromatic heterocycles. The lowest BCUT2D eigenvalue weighted by molar-refractivity contribution is 0.395. The zero-order valence-electron chi connectivity index (χ0n) is 11.1. The lowest BCUT2D eigenvalue weighted by Gasteiger charge is -2.13. The third-order valence-electron chi connectivity index (χ3n) is 2.76. The Balaban J connectivity index is 2.21. The molecule has 2 rings (SSSR count). The van der Waals surface area contributed by atoms with Crippen LogP contribution in [-0.2, 0) is 0 Å². The number of anilines is 1. The molecule has 0 saturated carbocycles. The van der Waals surface area contributed by atoms with Crippen molar-refractivity contribution in [2.45, 2.75) is 0 Å². The summed E-state index contributed by atoms with van der Waals surface area (Å²) in [6, 6.07) is 12.8. The Labute approximate surface area is 128 Å². The molecule has 3 nitrogen and oxygen atoms in total. The summed E-state index contributed by atoms with van der Waals surface area (Å²) in [4.78, 5) is 0.602. The van der Waals surface area contributed by atoms with E-state index in [0.717, 1.165) is 17.0 Å². The maximum atomic E-state index is 5.86. The number of ether oxygens (including phenoxy) is 2. The molecule has 20 heavy (non-hydrogen) atoms. The number of benzene rings is 2. The maximum Gasteiger partial charge on any atom is 0.146 e. The first-order valence-electron chi connectivity index (χ1n) is 5.93. The quantitative estimate of drug-likeness (QED) is 0.860. The van der Waals surface area contributed by atoms with E-state index in [1.165, 1.54) is 0 Å². The molecule has 5 heteroatoms. The molecule has 0 unspecified atom stereocenters. The van der Waals surface area contributed by atoms with Gasteiger partial charge in [0, 0.05) is 16.7 Å². The van der Waals surface area contributed by atoms with Gasteiger partial charge in [0.2, 0.25) is 0 Å². The summed E-state index contributed by atoms with van der Waals surface area (Å²) in [5, 5.41) is 3.84. The Kier molecular flexibility index (Phi) is 4.82. The molecule has 0 atom stereocenters. The molecule has 0 aliphatic carbocycles. The summed E-state index contributed by atoms with van der Waals surface area (Å²) in [5.74, 6) is 1.39. The van der Waals surface area contributed by atoms with Crippen molar-refractivity contribution in [3.05, 3.63) is 53.1 Å². The zero-order valence-corrected chi connectivity index (χ0v) is 12.7. The molecule has 2 aromatic carbocycles. The minimum Gasteiger partial charge on any atom is -0.497 e. The van der Waals surface area contributed by atoms with Crippen molar-refractivity contribution in [1.29, 1.82) is 0 Å². The molecule has 0 saturated heterocycles. The second kappa shape index (κ2) is 6.59. The Morgan fingerprint density at radius 3 is 2.35 bits per heavy atom. The molecule has 0 fully saturated rings. The highest BCUT2D eigenvalue weighted by molar-refractivity contribution is 7.81. The van der Waals surface area contributed by atoms with Crippen LogP contribution in [0.2, 0.25) is 5.02 Å². The van der Waals surface area contributed by atoms with Crippen molar-refractivity contribution in [3.8, 4) is 11.5 Å². The smallest absolute Gasteiger partial charge is 0.146 e. The second-order valence-electron chi connectivity index (χ2n) is 4.03. The van der Waals surface area contributed by atoms with Crippen LogP contribution in [0.15, 0.2) is 42.5 Å². The normalized spacial score (nSPS) is 9.95. The first-order valence-corrected chi connectivity index (χ1v) is 6.71. The topological polar surface area (TPSA) is 30.5 Å². The van der Waals surface area contributed by atoms with Gasteiger partial charge < -0.3 is 14.8 Å². The van der Waals surface area contributed by atoms with Crippen molar-refractivity contribution in [2.75, 3.05) is 19.5 Å². The summed E-state index contributed by atoms with van der Waals surface area (Å²) in [5.41, 5.74) is 1.68. The summed E-state index contributed by atoms with van der Waals surface area (Å²) in [7, 11) is 3.21. The molecule has 1 N–H and O–H groups in total. The molecule has 0 amide bonds. The van der Waals surface area contributed by atoms with Crippen LogP contribution in [0.4, 0.5) is 5.69 Å². The van der Waals surface area contributed by atoms with Gasteiger partial charge in [0.05, 0.1) is 19.9 Å². The van der Waals surface area contributed by atoms with Crippen molar-refractivity contribution >= 4 is 34.5 Å². The molecule has 0 radical (unpaired) electrons. The fraction of sp³-hybridized carbons (Fsp3) is 0.133. The molecule has 2 aromatic rings. The molecule has 0 heterocycles. The predicted molar refractivity (Wildman–Crippen MR) is 86.3 cm³/mol. The lowest BCUT2D eigenvalue weighted by Crippen LogP contribution is -2.11. The summed E-state index contributed by atoms with van der Waals surface area (Å²) in [6.07, 6.45) is 0. The predicted octanol–water partition coefficient (Wildman–Crippen LogP) is 4.14. The third-order valence-corrected chi connectivity index (χ3v) is 3.35. The summed E-state index contributed by atoms with van der Waals surface area (Å²) >= 11 is 11.2. The SMILES string of the molecule is COc1ccc(NC(=S)c2ccc(Cl)cc2)c(OC)c1. The largest absolute Gasteiger partial charge is 0.497 e. The monoisotopic (exact) mass is 307 g/mol. The Hall–Kier alpha value is -1.78. The van der Waals surface area contributed by atoms with Crippen LogP contribution >= 0.6 is 23.8 Å². The molecule has 0 spiro atoms. The number of hydrogen-bond donors (Lipinski definition) is 1. The summed E-state index contributed by atoms with van der Waals surface area (Å²) < 4.78 is 10.5. The minimum absolute atomic E-state index is 0.602. The van der Waals surface area contributed by atoms with Gasteiger partial charge in [-0.15, -0.1) is 0 Å². The van der Waals surface area contributed by atoms with Gasteiger partial charge in [-0.25, -0.2) is 0 Å². The van der Waals surface area contributed by atoms with Gasteiger partial charge in [0.25, 0.3) is 0 Å². The molecule has 104 valence electrons. The standard InChI is InChI=1S/C15H14ClNO2S/c1-18-12-7-8-13(14(9-12)19-2)17-15(20)10-3-5-11(16)6-4-10/h3-9H,1-2H3,(H,17,20). The molecule has 0 bridgehead atoms. The van der Waals surface area contributed by atoms with E-state index in [9.17, 15) is 0 Å². The van der Waals surface area contributed by atoms with Crippen LogP contribution in [0.5, 0.6) is 11.5 Å². The van der Waals surface area contributed by atoms with E-state index in [4.69, 9.17) is 33.3 Å². The first kappa shape index (κ1) is 14.6. The van der Waals surface area contributed by atoms with E-state index in [2.05, 4.69) is 5.32 Å². The maximum absolute atomic E-state index is 5.86. The molecule has 0 aliphatic rings. The van der Waals surface area contributed by atoms with Crippen LogP contribution in [-0.4, -0.2) is 19.2 Å². The number of halogens is 1. The average molecular weight is 308 g/mol. The van der Waals surface area contributed by atoms with Crippen LogP contribution in [0.1, 0.15) is 5.56 Å². The van der Waals surface area contributed by atoms with Crippen LogP contribution < -0.4 is 14.8 Å². The number of nitrogens with one attached hydrogen (secondary N) is 1. The van der Waals surface area contributed by atoms with E-state index in [1.807, 2.05) is 24.3 Å². The van der Waals surface area contributed by atoms with Gasteiger partial charge in [0.15, 0.2) is 0 Å². The highest BCUT2D eigenvalue weighted by atomic mass is 35.5. The van der Waals surface area contributed by atoms with Crippen molar-refractivity contribution in [3.63, 3.8) is 0 Å². The van der Waals surface area contributed by atoms with Crippen molar-refractivity contribution in [2.24, 2.45) is 0 Å². The Bertz CT molecular complexity index is 614. The molecule has 0 aliphatic heterocycles. The fourth-order valence-corrected chi connectivity index (χ4v) is 2.07. The Morgan fingerprint density at radius 1 is 1.05 bits per heavy atom. The van der Waals surface area contributed by atoms with Gasteiger partial charge >= 0.3 is 0 Å². The molecular formula is C15H14ClNO2S.